The van der Waals surface area contributed by atoms with E-state index in [9.17, 15) is 14.4 Å². The lowest BCUT2D eigenvalue weighted by molar-refractivity contribution is -0.139. The predicted octanol–water partition coefficient (Wildman–Crippen LogP) is 0.126. The minimum absolute atomic E-state index is 0.0718. The van der Waals surface area contributed by atoms with Gasteiger partial charge in [-0.3, -0.25) is 14.4 Å². The van der Waals surface area contributed by atoms with Crippen LogP contribution in [0.1, 0.15) is 38.5 Å². The first-order valence-electron chi connectivity index (χ1n) is 7.45. The molecule has 6 heteroatoms. The number of rotatable bonds is 4. The Bertz CT molecular complexity index is 359. The molecule has 2 fully saturated rings. The topological polar surface area (TPSA) is 69.7 Å². The smallest absolute Gasteiger partial charge is 0.232 e. The van der Waals surface area contributed by atoms with Crippen molar-refractivity contribution in [2.75, 3.05) is 26.2 Å². The molecule has 0 atom stereocenters. The second-order valence-corrected chi connectivity index (χ2v) is 5.60. The Kier molecular flexibility index (Phi) is 5.38. The van der Waals surface area contributed by atoms with Crippen LogP contribution in [0.3, 0.4) is 0 Å². The highest BCUT2D eigenvalue weighted by molar-refractivity contribution is 5.97. The van der Waals surface area contributed by atoms with Crippen molar-refractivity contribution in [2.45, 2.75) is 44.6 Å². The molecule has 3 amide bonds. The van der Waals surface area contributed by atoms with Crippen LogP contribution in [-0.4, -0.2) is 60.2 Å². The summed E-state index contributed by atoms with van der Waals surface area (Å²) in [6, 6.07) is 0.246. The summed E-state index contributed by atoms with van der Waals surface area (Å²) in [5.74, 6) is -0.302. The van der Waals surface area contributed by atoms with Gasteiger partial charge in [0.2, 0.25) is 18.2 Å². The Morgan fingerprint density at radius 3 is 2.30 bits per heavy atom. The number of hydrogen-bond acceptors (Lipinski definition) is 3. The third-order valence-corrected chi connectivity index (χ3v) is 4.10. The first kappa shape index (κ1) is 14.8. The van der Waals surface area contributed by atoms with E-state index in [0.717, 1.165) is 32.1 Å². The van der Waals surface area contributed by atoms with Gasteiger partial charge in [0, 0.05) is 32.2 Å². The van der Waals surface area contributed by atoms with Crippen molar-refractivity contribution in [1.29, 1.82) is 0 Å². The maximum absolute atomic E-state index is 12.0. The minimum atomic E-state index is -0.167. The van der Waals surface area contributed by atoms with Crippen LogP contribution in [0.4, 0.5) is 0 Å². The Balaban J connectivity index is 1.70. The van der Waals surface area contributed by atoms with Gasteiger partial charge in [0.15, 0.2) is 0 Å². The molecule has 112 valence electrons. The quantitative estimate of drug-likeness (QED) is 0.588. The fourth-order valence-electron chi connectivity index (χ4n) is 2.85. The number of nitrogens with zero attached hydrogens (tertiary/aromatic N) is 2. The van der Waals surface area contributed by atoms with Gasteiger partial charge in [-0.05, 0) is 12.8 Å². The van der Waals surface area contributed by atoms with Crippen molar-refractivity contribution < 1.29 is 14.4 Å². The molecule has 2 rings (SSSR count). The predicted molar refractivity (Wildman–Crippen MR) is 73.8 cm³/mol. The maximum Gasteiger partial charge on any atom is 0.232 e. The molecule has 0 spiro atoms. The first-order valence-corrected chi connectivity index (χ1v) is 7.45. The van der Waals surface area contributed by atoms with Gasteiger partial charge in [-0.1, -0.05) is 19.3 Å². The van der Waals surface area contributed by atoms with Crippen LogP contribution in [0, 0.1) is 0 Å². The molecule has 0 aromatic carbocycles. The van der Waals surface area contributed by atoms with Crippen LogP contribution < -0.4 is 5.32 Å². The van der Waals surface area contributed by atoms with Crippen molar-refractivity contribution in [1.82, 2.24) is 15.1 Å². The summed E-state index contributed by atoms with van der Waals surface area (Å²) in [7, 11) is 0. The molecule has 1 aliphatic carbocycles. The zero-order valence-corrected chi connectivity index (χ0v) is 11.8. The van der Waals surface area contributed by atoms with Crippen molar-refractivity contribution in [3.8, 4) is 0 Å². The minimum Gasteiger partial charge on any atom is -0.353 e. The van der Waals surface area contributed by atoms with Crippen molar-refractivity contribution in [3.05, 3.63) is 0 Å². The average Bonchev–Trinajstić information content (AvgIpc) is 2.48. The zero-order chi connectivity index (χ0) is 14.4. The number of nitrogens with one attached hydrogen (secondary N) is 1. The molecule has 0 bridgehead atoms. The fourth-order valence-corrected chi connectivity index (χ4v) is 2.85. The molecule has 0 unspecified atom stereocenters. The van der Waals surface area contributed by atoms with E-state index >= 15 is 0 Å². The van der Waals surface area contributed by atoms with Gasteiger partial charge in [0.05, 0.1) is 0 Å². The van der Waals surface area contributed by atoms with Crippen LogP contribution in [-0.2, 0) is 14.4 Å². The molecule has 0 radical (unpaired) electrons. The summed E-state index contributed by atoms with van der Waals surface area (Å²) in [5.41, 5.74) is 0. The van der Waals surface area contributed by atoms with Gasteiger partial charge in [0.1, 0.15) is 6.42 Å². The van der Waals surface area contributed by atoms with Gasteiger partial charge in [-0.2, -0.15) is 0 Å². The molecule has 1 saturated carbocycles. The van der Waals surface area contributed by atoms with Crippen molar-refractivity contribution in [3.63, 3.8) is 0 Å². The van der Waals surface area contributed by atoms with E-state index in [1.165, 1.54) is 6.42 Å². The highest BCUT2D eigenvalue weighted by Crippen LogP contribution is 2.17. The standard InChI is InChI=1S/C14H23N3O3/c18-11-16-6-8-17(9-7-16)14(20)10-13(19)15-12-4-2-1-3-5-12/h11-12H,1-10H2,(H,15,19). The largest absolute Gasteiger partial charge is 0.353 e. The average molecular weight is 281 g/mol. The van der Waals surface area contributed by atoms with Gasteiger partial charge in [-0.15, -0.1) is 0 Å². The van der Waals surface area contributed by atoms with E-state index in [-0.39, 0.29) is 24.3 Å². The number of amides is 3. The summed E-state index contributed by atoms with van der Waals surface area (Å²) in [6.45, 7) is 2.15. The number of carbonyl (C=O) groups is 3. The SMILES string of the molecule is O=CN1CCN(C(=O)CC(=O)NC2CCCCC2)CC1. The summed E-state index contributed by atoms with van der Waals surface area (Å²) >= 11 is 0. The van der Waals surface area contributed by atoms with Crippen molar-refractivity contribution >= 4 is 18.2 Å². The molecule has 0 aromatic rings. The van der Waals surface area contributed by atoms with Crippen LogP contribution in [0.15, 0.2) is 0 Å². The van der Waals surface area contributed by atoms with Crippen molar-refractivity contribution in [2.24, 2.45) is 0 Å². The lowest BCUT2D eigenvalue weighted by Crippen LogP contribution is -2.49. The second-order valence-electron chi connectivity index (χ2n) is 5.60. The lowest BCUT2D eigenvalue weighted by Gasteiger charge is -2.32. The Hall–Kier alpha value is -1.59. The first-order chi connectivity index (χ1) is 9.69. The molecule has 1 heterocycles. The number of hydrogen-bond donors (Lipinski definition) is 1. The molecule has 1 saturated heterocycles. The normalized spacial score (nSPS) is 20.6. The van der Waals surface area contributed by atoms with Crippen LogP contribution in [0.25, 0.3) is 0 Å². The Labute approximate surface area is 119 Å². The summed E-state index contributed by atoms with van der Waals surface area (Å²) < 4.78 is 0. The van der Waals surface area contributed by atoms with E-state index in [1.807, 2.05) is 0 Å². The monoisotopic (exact) mass is 281 g/mol. The van der Waals surface area contributed by atoms with E-state index in [0.29, 0.717) is 26.2 Å². The van der Waals surface area contributed by atoms with Gasteiger partial charge < -0.3 is 15.1 Å². The number of carbonyl (C=O) groups excluding carboxylic acids is 3. The maximum atomic E-state index is 12.0. The van der Waals surface area contributed by atoms with Crippen LogP contribution in [0.2, 0.25) is 0 Å². The highest BCUT2D eigenvalue weighted by Gasteiger charge is 2.23. The molecule has 6 nitrogen and oxygen atoms in total. The second kappa shape index (κ2) is 7.26. The third kappa shape index (κ3) is 4.21. The Morgan fingerprint density at radius 2 is 1.70 bits per heavy atom. The van der Waals surface area contributed by atoms with Gasteiger partial charge >= 0.3 is 0 Å². The van der Waals surface area contributed by atoms with E-state index in [2.05, 4.69) is 5.32 Å². The molecular weight excluding hydrogens is 258 g/mol. The van der Waals surface area contributed by atoms with E-state index < -0.39 is 0 Å². The summed E-state index contributed by atoms with van der Waals surface area (Å²) in [4.78, 5) is 37.8. The Morgan fingerprint density at radius 1 is 1.05 bits per heavy atom. The number of piperazine rings is 1. The van der Waals surface area contributed by atoms with Crippen LogP contribution >= 0.6 is 0 Å². The van der Waals surface area contributed by atoms with Crippen LogP contribution in [0.5, 0.6) is 0 Å². The molecule has 1 aliphatic heterocycles. The molecule has 2 aliphatic rings. The van der Waals surface area contributed by atoms with Gasteiger partial charge in [0.25, 0.3) is 0 Å². The van der Waals surface area contributed by atoms with Gasteiger partial charge in [-0.25, -0.2) is 0 Å². The molecular formula is C14H23N3O3. The summed E-state index contributed by atoms with van der Waals surface area (Å²) in [5, 5.41) is 2.96. The fraction of sp³-hybridized carbons (Fsp3) is 0.786. The van der Waals surface area contributed by atoms with E-state index in [1.54, 1.807) is 9.80 Å². The molecule has 0 aromatic heterocycles. The highest BCUT2D eigenvalue weighted by atomic mass is 16.2. The van der Waals surface area contributed by atoms with E-state index in [4.69, 9.17) is 0 Å². The molecule has 20 heavy (non-hydrogen) atoms. The lowest BCUT2D eigenvalue weighted by atomic mass is 9.95. The summed E-state index contributed by atoms with van der Waals surface area (Å²) in [6.07, 6.45) is 6.34. The molecule has 1 N–H and O–H groups in total. The zero-order valence-electron chi connectivity index (χ0n) is 11.8. The third-order valence-electron chi connectivity index (χ3n) is 4.10.